The van der Waals surface area contributed by atoms with E-state index in [4.69, 9.17) is 27.9 Å². The molecule has 0 bridgehead atoms. The first kappa shape index (κ1) is 15.1. The van der Waals surface area contributed by atoms with Crippen LogP contribution in [0.4, 0.5) is 4.39 Å². The van der Waals surface area contributed by atoms with Gasteiger partial charge in [0.15, 0.2) is 11.6 Å². The molecule has 0 saturated carbocycles. The normalized spacial score (nSPS) is 12.2. The average molecular weight is 313 g/mol. The Morgan fingerprint density at radius 3 is 2.60 bits per heavy atom. The first-order valence-corrected chi connectivity index (χ1v) is 7.19. The maximum atomic E-state index is 13.7. The van der Waals surface area contributed by atoms with Crippen molar-refractivity contribution in [1.29, 1.82) is 0 Å². The maximum absolute atomic E-state index is 13.7. The quantitative estimate of drug-likeness (QED) is 0.702. The lowest BCUT2D eigenvalue weighted by Gasteiger charge is -2.15. The van der Waals surface area contributed by atoms with Crippen LogP contribution in [0.5, 0.6) is 5.75 Å². The van der Waals surface area contributed by atoms with Crippen molar-refractivity contribution in [3.63, 3.8) is 0 Å². The van der Waals surface area contributed by atoms with Gasteiger partial charge in [0.05, 0.1) is 7.11 Å². The Labute approximate surface area is 128 Å². The average Bonchev–Trinajstić information content (AvgIpc) is 2.45. The molecule has 1 unspecified atom stereocenters. The molecule has 2 aromatic rings. The molecule has 0 aliphatic heterocycles. The summed E-state index contributed by atoms with van der Waals surface area (Å²) in [5.41, 5.74) is 1.94. The number of halogens is 3. The van der Waals surface area contributed by atoms with E-state index in [-0.39, 0.29) is 17.5 Å². The molecule has 0 aromatic heterocycles. The summed E-state index contributed by atoms with van der Waals surface area (Å²) in [6.45, 7) is 0. The predicted molar refractivity (Wildman–Crippen MR) is 81.6 cm³/mol. The molecule has 0 fully saturated rings. The number of hydrogen-bond donors (Lipinski definition) is 0. The van der Waals surface area contributed by atoms with E-state index in [2.05, 4.69) is 0 Å². The highest BCUT2D eigenvalue weighted by atomic mass is 35.5. The first-order chi connectivity index (χ1) is 9.63. The lowest BCUT2D eigenvalue weighted by Crippen LogP contribution is -2.05. The van der Waals surface area contributed by atoms with Crippen molar-refractivity contribution in [3.05, 3.63) is 64.4 Å². The van der Waals surface area contributed by atoms with Crippen LogP contribution in [0.3, 0.4) is 0 Å². The Bertz CT molecular complexity index is 586. The molecule has 106 valence electrons. The molecule has 2 aromatic carbocycles. The van der Waals surface area contributed by atoms with Crippen LogP contribution in [0, 0.1) is 5.82 Å². The van der Waals surface area contributed by atoms with E-state index in [1.54, 1.807) is 6.07 Å². The molecule has 0 spiro atoms. The molecule has 4 heteroatoms. The molecule has 0 N–H and O–H groups in total. The molecule has 20 heavy (non-hydrogen) atoms. The maximum Gasteiger partial charge on any atom is 0.165 e. The number of rotatable bonds is 5. The Morgan fingerprint density at radius 1 is 1.20 bits per heavy atom. The lowest BCUT2D eigenvalue weighted by molar-refractivity contribution is 0.386. The van der Waals surface area contributed by atoms with Crippen LogP contribution >= 0.6 is 23.2 Å². The summed E-state index contributed by atoms with van der Waals surface area (Å²) in [5, 5.41) is 0.679. The van der Waals surface area contributed by atoms with Gasteiger partial charge >= 0.3 is 0 Å². The van der Waals surface area contributed by atoms with E-state index < -0.39 is 0 Å². The predicted octanol–water partition coefficient (Wildman–Crippen LogP) is 5.05. The van der Waals surface area contributed by atoms with Crippen LogP contribution in [0.1, 0.15) is 17.0 Å². The van der Waals surface area contributed by atoms with E-state index in [1.165, 1.54) is 13.2 Å². The Hall–Kier alpha value is -1.25. The summed E-state index contributed by atoms with van der Waals surface area (Å²) in [6, 6.07) is 12.6. The number of ether oxygens (including phenoxy) is 1. The zero-order valence-corrected chi connectivity index (χ0v) is 12.6. The molecule has 0 amide bonds. The van der Waals surface area contributed by atoms with E-state index in [1.807, 2.05) is 30.3 Å². The minimum absolute atomic E-state index is 0.100. The van der Waals surface area contributed by atoms with Gasteiger partial charge in [-0.05, 0) is 41.8 Å². The monoisotopic (exact) mass is 312 g/mol. The van der Waals surface area contributed by atoms with Crippen molar-refractivity contribution >= 4 is 23.2 Å². The molecule has 0 aliphatic carbocycles. The highest BCUT2D eigenvalue weighted by Gasteiger charge is 2.13. The summed E-state index contributed by atoms with van der Waals surface area (Å²) in [4.78, 5) is 0. The van der Waals surface area contributed by atoms with Crippen molar-refractivity contribution in [2.75, 3.05) is 13.0 Å². The number of benzene rings is 2. The fourth-order valence-electron chi connectivity index (χ4n) is 2.14. The summed E-state index contributed by atoms with van der Waals surface area (Å²) in [6.07, 6.45) is 0.657. The topological polar surface area (TPSA) is 9.23 Å². The van der Waals surface area contributed by atoms with Gasteiger partial charge in [0.25, 0.3) is 0 Å². The second-order valence-corrected chi connectivity index (χ2v) is 5.32. The zero-order chi connectivity index (χ0) is 14.5. The van der Waals surface area contributed by atoms with E-state index in [9.17, 15) is 4.39 Å². The highest BCUT2D eigenvalue weighted by molar-refractivity contribution is 6.30. The van der Waals surface area contributed by atoms with Crippen molar-refractivity contribution in [2.45, 2.75) is 12.3 Å². The third-order valence-electron chi connectivity index (χ3n) is 3.20. The summed E-state index contributed by atoms with van der Waals surface area (Å²) in [7, 11) is 1.45. The molecular weight excluding hydrogens is 298 g/mol. The second-order valence-electron chi connectivity index (χ2n) is 4.58. The van der Waals surface area contributed by atoms with Gasteiger partial charge in [-0.1, -0.05) is 29.8 Å². The van der Waals surface area contributed by atoms with Crippen molar-refractivity contribution in [1.82, 2.24) is 0 Å². The minimum atomic E-state index is -0.357. The standard InChI is InChI=1S/C16H15Cl2FO/c1-20-16-6-5-11(8-15(16)19)7-13(10-17)12-3-2-4-14(18)9-12/h2-6,8-9,13H,7,10H2,1H3. The van der Waals surface area contributed by atoms with Gasteiger partial charge in [0.2, 0.25) is 0 Å². The van der Waals surface area contributed by atoms with Crippen LogP contribution in [0.25, 0.3) is 0 Å². The highest BCUT2D eigenvalue weighted by Crippen LogP contribution is 2.26. The van der Waals surface area contributed by atoms with E-state index >= 15 is 0 Å². The molecule has 0 radical (unpaired) electrons. The van der Waals surface area contributed by atoms with Crippen LogP contribution in [-0.4, -0.2) is 13.0 Å². The van der Waals surface area contributed by atoms with Gasteiger partial charge in [-0.2, -0.15) is 0 Å². The summed E-state index contributed by atoms with van der Waals surface area (Å²) in [5.74, 6) is 0.445. The molecule has 1 atom stereocenters. The first-order valence-electron chi connectivity index (χ1n) is 6.28. The SMILES string of the molecule is COc1ccc(CC(CCl)c2cccc(Cl)c2)cc1F. The van der Waals surface area contributed by atoms with E-state index in [0.717, 1.165) is 11.1 Å². The van der Waals surface area contributed by atoms with Gasteiger partial charge in [0, 0.05) is 16.8 Å². The third kappa shape index (κ3) is 3.65. The number of hydrogen-bond acceptors (Lipinski definition) is 1. The molecule has 2 rings (SSSR count). The fourth-order valence-corrected chi connectivity index (χ4v) is 2.63. The van der Waals surface area contributed by atoms with Crippen molar-refractivity contribution in [3.8, 4) is 5.75 Å². The number of alkyl halides is 1. The van der Waals surface area contributed by atoms with Crippen molar-refractivity contribution in [2.24, 2.45) is 0 Å². The number of methoxy groups -OCH3 is 1. The lowest BCUT2D eigenvalue weighted by atomic mass is 9.93. The van der Waals surface area contributed by atoms with Gasteiger partial charge in [-0.25, -0.2) is 4.39 Å². The van der Waals surface area contributed by atoms with Gasteiger partial charge < -0.3 is 4.74 Å². The van der Waals surface area contributed by atoms with E-state index in [0.29, 0.717) is 17.3 Å². The molecule has 0 saturated heterocycles. The summed E-state index contributed by atoms with van der Waals surface area (Å²) < 4.78 is 18.6. The largest absolute Gasteiger partial charge is 0.494 e. The second kappa shape index (κ2) is 6.96. The Morgan fingerprint density at radius 2 is 2.00 bits per heavy atom. The Kier molecular flexibility index (Phi) is 5.27. The molecular formula is C16H15Cl2FO. The smallest absolute Gasteiger partial charge is 0.165 e. The van der Waals surface area contributed by atoms with Crippen LogP contribution in [0.2, 0.25) is 5.02 Å². The van der Waals surface area contributed by atoms with Gasteiger partial charge in [-0.15, -0.1) is 11.6 Å². The molecule has 1 nitrogen and oxygen atoms in total. The van der Waals surface area contributed by atoms with Crippen molar-refractivity contribution < 1.29 is 9.13 Å². The van der Waals surface area contributed by atoms with Gasteiger partial charge in [0.1, 0.15) is 0 Å². The van der Waals surface area contributed by atoms with Gasteiger partial charge in [-0.3, -0.25) is 0 Å². The molecule has 0 heterocycles. The van der Waals surface area contributed by atoms with Crippen LogP contribution < -0.4 is 4.74 Å². The zero-order valence-electron chi connectivity index (χ0n) is 11.1. The van der Waals surface area contributed by atoms with Crippen LogP contribution in [-0.2, 0) is 6.42 Å². The Balaban J connectivity index is 2.20. The molecule has 0 aliphatic rings. The third-order valence-corrected chi connectivity index (χ3v) is 3.81. The minimum Gasteiger partial charge on any atom is -0.494 e. The van der Waals surface area contributed by atoms with Crippen LogP contribution in [0.15, 0.2) is 42.5 Å². The summed E-state index contributed by atoms with van der Waals surface area (Å²) >= 11 is 12.0. The fraction of sp³-hybridized carbons (Fsp3) is 0.250.